The Labute approximate surface area is 146 Å². The summed E-state index contributed by atoms with van der Waals surface area (Å²) in [5, 5.41) is 13.4. The van der Waals surface area contributed by atoms with E-state index < -0.39 is 0 Å². The van der Waals surface area contributed by atoms with Gasteiger partial charge in [-0.1, -0.05) is 24.3 Å². The molecule has 2 amide bonds. The summed E-state index contributed by atoms with van der Waals surface area (Å²) >= 11 is 0. The number of aromatic nitrogens is 3. The smallest absolute Gasteiger partial charge is 0.320 e. The van der Waals surface area contributed by atoms with E-state index in [0.717, 1.165) is 32.5 Å². The lowest BCUT2D eigenvalue weighted by Gasteiger charge is -2.19. The molecule has 1 fully saturated rings. The Bertz CT molecular complexity index is 719. The molecule has 1 aromatic carbocycles. The fourth-order valence-corrected chi connectivity index (χ4v) is 3.02. The monoisotopic (exact) mass is 346 g/mol. The van der Waals surface area contributed by atoms with Gasteiger partial charge in [-0.2, -0.15) is 0 Å². The normalized spacial score (nSPS) is 16.9. The molecule has 7 nitrogen and oxygen atoms in total. The number of urea groups is 1. The minimum Gasteiger partial charge on any atom is -0.369 e. The van der Waals surface area contributed by atoms with Crippen molar-refractivity contribution in [2.24, 2.45) is 5.92 Å². The predicted octanol–water partition coefficient (Wildman–Crippen LogP) is 2.48. The van der Waals surface area contributed by atoms with Crippen LogP contribution in [0.2, 0.25) is 0 Å². The van der Waals surface area contributed by atoms with Crippen LogP contribution in [0.5, 0.6) is 0 Å². The number of hydrogen-bond donors (Lipinski definition) is 2. The standard InChI is InChI=1S/C17H23FN6O/c1-2-8-24-12-16(21-22-24)20-17(25)19-10-13-7-9-23(11-13)15-6-4-3-5-14(15)18/h3-6,12-13H,2,7-11H2,1H3,(H2,19,20,25). The predicted molar refractivity (Wildman–Crippen MR) is 94.1 cm³/mol. The average molecular weight is 346 g/mol. The highest BCUT2D eigenvalue weighted by Crippen LogP contribution is 2.25. The van der Waals surface area contributed by atoms with Gasteiger partial charge in [0.15, 0.2) is 5.82 Å². The van der Waals surface area contributed by atoms with E-state index in [1.807, 2.05) is 17.9 Å². The molecule has 1 saturated heterocycles. The molecule has 0 spiro atoms. The number of nitrogens with one attached hydrogen (secondary N) is 2. The van der Waals surface area contributed by atoms with Crippen molar-refractivity contribution in [1.82, 2.24) is 20.3 Å². The molecule has 0 bridgehead atoms. The Morgan fingerprint density at radius 3 is 3.04 bits per heavy atom. The molecule has 0 radical (unpaired) electrons. The highest BCUT2D eigenvalue weighted by atomic mass is 19.1. The number of halogens is 1. The summed E-state index contributed by atoms with van der Waals surface area (Å²) in [6, 6.07) is 6.49. The lowest BCUT2D eigenvalue weighted by molar-refractivity contribution is 0.250. The lowest BCUT2D eigenvalue weighted by Crippen LogP contribution is -2.34. The van der Waals surface area contributed by atoms with Crippen molar-refractivity contribution < 1.29 is 9.18 Å². The first-order valence-electron chi connectivity index (χ1n) is 8.60. The SMILES string of the molecule is CCCn1cc(NC(=O)NCC2CCN(c3ccccc3F)C2)nn1. The molecule has 134 valence electrons. The van der Waals surface area contributed by atoms with E-state index in [1.54, 1.807) is 23.0 Å². The minimum absolute atomic E-state index is 0.205. The fraction of sp³-hybridized carbons (Fsp3) is 0.471. The van der Waals surface area contributed by atoms with Crippen LogP contribution < -0.4 is 15.5 Å². The van der Waals surface area contributed by atoms with Crippen LogP contribution in [0, 0.1) is 11.7 Å². The van der Waals surface area contributed by atoms with Crippen LogP contribution in [0.4, 0.5) is 20.7 Å². The van der Waals surface area contributed by atoms with Crippen LogP contribution >= 0.6 is 0 Å². The van der Waals surface area contributed by atoms with Crippen molar-refractivity contribution in [2.45, 2.75) is 26.3 Å². The Morgan fingerprint density at radius 2 is 2.24 bits per heavy atom. The van der Waals surface area contributed by atoms with Crippen molar-refractivity contribution in [3.63, 3.8) is 0 Å². The zero-order chi connectivity index (χ0) is 17.6. The van der Waals surface area contributed by atoms with Gasteiger partial charge in [-0.05, 0) is 30.9 Å². The number of benzene rings is 1. The highest BCUT2D eigenvalue weighted by Gasteiger charge is 2.24. The molecule has 1 aliphatic heterocycles. The van der Waals surface area contributed by atoms with Gasteiger partial charge >= 0.3 is 6.03 Å². The highest BCUT2D eigenvalue weighted by molar-refractivity contribution is 5.87. The van der Waals surface area contributed by atoms with Crippen LogP contribution in [0.15, 0.2) is 30.5 Å². The summed E-state index contributed by atoms with van der Waals surface area (Å²) in [6.45, 7) is 4.88. The van der Waals surface area contributed by atoms with Crippen molar-refractivity contribution >= 4 is 17.5 Å². The quantitative estimate of drug-likeness (QED) is 0.843. The molecule has 2 aromatic rings. The number of carbonyl (C=O) groups excluding carboxylic acids is 1. The second kappa shape index (κ2) is 7.96. The largest absolute Gasteiger partial charge is 0.369 e. The zero-order valence-corrected chi connectivity index (χ0v) is 14.3. The first kappa shape index (κ1) is 17.2. The summed E-state index contributed by atoms with van der Waals surface area (Å²) < 4.78 is 15.5. The first-order chi connectivity index (χ1) is 12.2. The number of amides is 2. The number of anilines is 2. The Kier molecular flexibility index (Phi) is 5.47. The number of rotatable bonds is 6. The average Bonchev–Trinajstić information content (AvgIpc) is 3.23. The summed E-state index contributed by atoms with van der Waals surface area (Å²) in [7, 11) is 0. The van der Waals surface area contributed by atoms with E-state index in [-0.39, 0.29) is 11.8 Å². The molecule has 0 saturated carbocycles. The summed E-state index contributed by atoms with van der Waals surface area (Å²) in [4.78, 5) is 14.0. The molecule has 1 unspecified atom stereocenters. The third-order valence-corrected chi connectivity index (χ3v) is 4.26. The molecule has 0 aliphatic carbocycles. The van der Waals surface area contributed by atoms with Gasteiger partial charge in [-0.25, -0.2) is 9.18 Å². The van der Waals surface area contributed by atoms with Crippen LogP contribution in [-0.2, 0) is 6.54 Å². The van der Waals surface area contributed by atoms with Gasteiger partial charge in [0.1, 0.15) is 5.82 Å². The third kappa shape index (κ3) is 4.46. The number of carbonyl (C=O) groups is 1. The van der Waals surface area contributed by atoms with Gasteiger partial charge in [0, 0.05) is 26.2 Å². The van der Waals surface area contributed by atoms with Gasteiger partial charge in [0.05, 0.1) is 11.9 Å². The van der Waals surface area contributed by atoms with E-state index in [2.05, 4.69) is 20.9 Å². The minimum atomic E-state index is -0.298. The van der Waals surface area contributed by atoms with Gasteiger partial charge in [0.2, 0.25) is 0 Å². The van der Waals surface area contributed by atoms with E-state index in [0.29, 0.717) is 24.0 Å². The lowest BCUT2D eigenvalue weighted by atomic mass is 10.1. The molecule has 25 heavy (non-hydrogen) atoms. The maximum Gasteiger partial charge on any atom is 0.320 e. The van der Waals surface area contributed by atoms with Gasteiger partial charge in [0.25, 0.3) is 0 Å². The van der Waals surface area contributed by atoms with E-state index in [1.165, 1.54) is 6.07 Å². The zero-order valence-electron chi connectivity index (χ0n) is 14.3. The number of aryl methyl sites for hydroxylation is 1. The van der Waals surface area contributed by atoms with Crippen LogP contribution in [0.25, 0.3) is 0 Å². The van der Waals surface area contributed by atoms with E-state index in [4.69, 9.17) is 0 Å². The summed E-state index contributed by atoms with van der Waals surface area (Å²) in [5.74, 6) is 0.524. The molecule has 2 heterocycles. The van der Waals surface area contributed by atoms with Crippen LogP contribution in [-0.4, -0.2) is 40.7 Å². The first-order valence-corrected chi connectivity index (χ1v) is 8.60. The second-order valence-corrected chi connectivity index (χ2v) is 6.25. The molecule has 1 aliphatic rings. The Hall–Kier alpha value is -2.64. The van der Waals surface area contributed by atoms with Crippen molar-refractivity contribution in [2.75, 3.05) is 29.9 Å². The van der Waals surface area contributed by atoms with Crippen molar-refractivity contribution in [3.05, 3.63) is 36.3 Å². The van der Waals surface area contributed by atoms with Crippen molar-refractivity contribution in [1.29, 1.82) is 0 Å². The summed E-state index contributed by atoms with van der Waals surface area (Å²) in [5.41, 5.74) is 0.627. The van der Waals surface area contributed by atoms with E-state index >= 15 is 0 Å². The maximum atomic E-state index is 13.8. The summed E-state index contributed by atoms with van der Waals surface area (Å²) in [6.07, 6.45) is 3.58. The molecular formula is C17H23FN6O. The number of para-hydroxylation sites is 1. The molecule has 8 heteroatoms. The number of nitrogens with zero attached hydrogens (tertiary/aromatic N) is 4. The Balaban J connectivity index is 1.44. The fourth-order valence-electron chi connectivity index (χ4n) is 3.02. The van der Waals surface area contributed by atoms with Gasteiger partial charge < -0.3 is 10.2 Å². The topological polar surface area (TPSA) is 75.1 Å². The van der Waals surface area contributed by atoms with E-state index in [9.17, 15) is 9.18 Å². The van der Waals surface area contributed by atoms with Gasteiger partial charge in [-0.15, -0.1) is 5.10 Å². The second-order valence-electron chi connectivity index (χ2n) is 6.25. The van der Waals surface area contributed by atoms with Crippen LogP contribution in [0.3, 0.4) is 0 Å². The van der Waals surface area contributed by atoms with Crippen molar-refractivity contribution in [3.8, 4) is 0 Å². The molecule has 1 aromatic heterocycles. The Morgan fingerprint density at radius 1 is 1.40 bits per heavy atom. The number of hydrogen-bond acceptors (Lipinski definition) is 4. The molecular weight excluding hydrogens is 323 g/mol. The third-order valence-electron chi connectivity index (χ3n) is 4.26. The van der Waals surface area contributed by atoms with Gasteiger partial charge in [-0.3, -0.25) is 10.00 Å². The molecule has 2 N–H and O–H groups in total. The van der Waals surface area contributed by atoms with Crippen LogP contribution in [0.1, 0.15) is 19.8 Å². The molecule has 1 atom stereocenters. The molecule has 3 rings (SSSR count). The maximum absolute atomic E-state index is 13.8.